The van der Waals surface area contributed by atoms with Crippen molar-refractivity contribution in [1.29, 1.82) is 0 Å². The van der Waals surface area contributed by atoms with E-state index < -0.39 is 99.2 Å². The third-order valence-electron chi connectivity index (χ3n) is 6.36. The maximum absolute atomic E-state index is 12.7. The quantitative estimate of drug-likeness (QED) is 0.125. The molecule has 1 aromatic carbocycles. The van der Waals surface area contributed by atoms with Gasteiger partial charge in [0.15, 0.2) is 6.10 Å². The molecule has 2 aliphatic rings. The number of aliphatic hydroxyl groups excluding tert-OH is 7. The van der Waals surface area contributed by atoms with Crippen LogP contribution in [0.2, 0.25) is 0 Å². The van der Waals surface area contributed by atoms with Gasteiger partial charge in [0.25, 0.3) is 0 Å². The van der Waals surface area contributed by atoms with E-state index in [0.29, 0.717) is 0 Å². The Balaban J connectivity index is 1.64. The third kappa shape index (κ3) is 7.40. The molecule has 10 atom stereocenters. The molecule has 2 heterocycles. The summed E-state index contributed by atoms with van der Waals surface area (Å²) in [4.78, 5) is 24.7. The predicted octanol–water partition coefficient (Wildman–Crippen LogP) is -3.14. The standard InChI is InChI=1S/C24H35NO14/c1-12(25-23(34)35-10-13-5-3-2-4-6-13)7-16(29)37-20-19(32)17(30)14(8-26)36-22(20)39-24(11-28)21(33)18(31)15(9-27)38-24/h2-6,12,14-15,17-22,26-28,30-33H,7-11H2,1H3,(H,25,34)/t12-,14+,15-,17+,18-,19-,20+,21+,22+,24+/m0/s1. The highest BCUT2D eigenvalue weighted by molar-refractivity contribution is 5.72. The summed E-state index contributed by atoms with van der Waals surface area (Å²) in [5.74, 6) is -3.34. The Bertz CT molecular complexity index is 937. The number of alkyl carbamates (subject to hydrolysis) is 1. The average molecular weight is 562 g/mol. The first-order valence-electron chi connectivity index (χ1n) is 12.3. The van der Waals surface area contributed by atoms with Crippen LogP contribution in [0.1, 0.15) is 18.9 Å². The SMILES string of the molecule is C[C@@H](CC(=O)O[C@H]1[C@@H](O[C@@]2(CO)O[C@@H](CO)[C@H](O)[C@H]2O)O[C@H](CO)[C@@H](O)[C@@H]1O)NC(=O)OCc1ccccc1. The zero-order chi connectivity index (χ0) is 28.7. The van der Waals surface area contributed by atoms with Crippen LogP contribution >= 0.6 is 0 Å². The van der Waals surface area contributed by atoms with Gasteiger partial charge in [-0.15, -0.1) is 0 Å². The van der Waals surface area contributed by atoms with Gasteiger partial charge in [-0.2, -0.15) is 0 Å². The molecule has 2 saturated heterocycles. The van der Waals surface area contributed by atoms with Crippen molar-refractivity contribution in [2.75, 3.05) is 19.8 Å². The van der Waals surface area contributed by atoms with Crippen molar-refractivity contribution in [2.45, 2.75) is 80.8 Å². The Kier molecular flexibility index (Phi) is 11.0. The van der Waals surface area contributed by atoms with Crippen molar-refractivity contribution in [3.63, 3.8) is 0 Å². The highest BCUT2D eigenvalue weighted by Gasteiger charge is 2.59. The fraction of sp³-hybridized carbons (Fsp3) is 0.667. The second-order valence-corrected chi connectivity index (χ2v) is 9.33. The molecule has 1 aromatic rings. The van der Waals surface area contributed by atoms with Crippen LogP contribution in [-0.2, 0) is 35.1 Å². The maximum atomic E-state index is 12.7. The molecule has 8 N–H and O–H groups in total. The topological polar surface area (TPSA) is 234 Å². The highest BCUT2D eigenvalue weighted by atomic mass is 16.8. The first-order valence-corrected chi connectivity index (χ1v) is 12.3. The van der Waals surface area contributed by atoms with Gasteiger partial charge in [0, 0.05) is 6.04 Å². The van der Waals surface area contributed by atoms with Crippen molar-refractivity contribution < 1.29 is 69.0 Å². The lowest BCUT2D eigenvalue weighted by Gasteiger charge is -2.44. The van der Waals surface area contributed by atoms with E-state index in [0.717, 1.165) is 5.56 Å². The van der Waals surface area contributed by atoms with Gasteiger partial charge in [-0.25, -0.2) is 4.79 Å². The number of carbonyl (C=O) groups is 2. The zero-order valence-corrected chi connectivity index (χ0v) is 21.1. The number of esters is 1. The summed E-state index contributed by atoms with van der Waals surface area (Å²) in [6, 6.07) is 8.11. The lowest BCUT2D eigenvalue weighted by atomic mass is 9.98. The monoisotopic (exact) mass is 561 g/mol. The minimum atomic E-state index is -2.37. The van der Waals surface area contributed by atoms with Crippen LogP contribution in [0, 0.1) is 0 Å². The first-order chi connectivity index (χ1) is 18.5. The molecule has 15 heteroatoms. The summed E-state index contributed by atoms with van der Waals surface area (Å²) < 4.78 is 26.7. The van der Waals surface area contributed by atoms with E-state index in [1.807, 2.05) is 6.07 Å². The van der Waals surface area contributed by atoms with Crippen LogP contribution in [0.15, 0.2) is 30.3 Å². The van der Waals surface area contributed by atoms with Gasteiger partial charge in [-0.1, -0.05) is 30.3 Å². The molecule has 0 bridgehead atoms. The average Bonchev–Trinajstić information content (AvgIpc) is 3.16. The smallest absolute Gasteiger partial charge is 0.407 e. The fourth-order valence-corrected chi connectivity index (χ4v) is 4.21. The Hall–Kier alpha value is -2.44. The number of rotatable bonds is 11. The van der Waals surface area contributed by atoms with Crippen molar-refractivity contribution in [2.24, 2.45) is 0 Å². The number of benzene rings is 1. The maximum Gasteiger partial charge on any atom is 0.407 e. The molecular formula is C24H35NO14. The Morgan fingerprint density at radius 3 is 2.26 bits per heavy atom. The lowest BCUT2D eigenvalue weighted by molar-refractivity contribution is -0.384. The minimum Gasteiger partial charge on any atom is -0.454 e. The third-order valence-corrected chi connectivity index (χ3v) is 6.36. The van der Waals surface area contributed by atoms with Crippen LogP contribution < -0.4 is 5.32 Å². The lowest BCUT2D eigenvalue weighted by Crippen LogP contribution is -2.63. The molecular weight excluding hydrogens is 526 g/mol. The van der Waals surface area contributed by atoms with Crippen molar-refractivity contribution >= 4 is 12.1 Å². The molecule has 39 heavy (non-hydrogen) atoms. The molecule has 1 amide bonds. The summed E-state index contributed by atoms with van der Waals surface area (Å²) >= 11 is 0. The molecule has 0 saturated carbocycles. The molecule has 0 unspecified atom stereocenters. The van der Waals surface area contributed by atoms with Gasteiger partial charge in [0.1, 0.15) is 49.8 Å². The molecule has 2 fully saturated rings. The van der Waals surface area contributed by atoms with Crippen molar-refractivity contribution in [1.82, 2.24) is 5.32 Å². The molecule has 3 rings (SSSR count). The van der Waals surface area contributed by atoms with Crippen LogP contribution in [0.5, 0.6) is 0 Å². The van der Waals surface area contributed by atoms with E-state index in [4.69, 9.17) is 23.7 Å². The van der Waals surface area contributed by atoms with E-state index in [-0.39, 0.29) is 6.61 Å². The Morgan fingerprint density at radius 1 is 1.00 bits per heavy atom. The summed E-state index contributed by atoms with van der Waals surface area (Å²) in [5.41, 5.74) is 0.756. The summed E-state index contributed by atoms with van der Waals surface area (Å²) in [5, 5.41) is 72.7. The molecule has 0 aromatic heterocycles. The number of hydrogen-bond donors (Lipinski definition) is 8. The number of carbonyl (C=O) groups excluding carboxylic acids is 2. The van der Waals surface area contributed by atoms with Crippen molar-refractivity contribution in [3.8, 4) is 0 Å². The first kappa shape index (κ1) is 31.1. The van der Waals surface area contributed by atoms with E-state index in [1.165, 1.54) is 6.92 Å². The van der Waals surface area contributed by atoms with Crippen LogP contribution in [0.4, 0.5) is 4.79 Å². The second-order valence-electron chi connectivity index (χ2n) is 9.33. The largest absolute Gasteiger partial charge is 0.454 e. The number of amides is 1. The summed E-state index contributed by atoms with van der Waals surface area (Å²) in [6.07, 6.45) is -14.7. The highest BCUT2D eigenvalue weighted by Crippen LogP contribution is 2.36. The van der Waals surface area contributed by atoms with E-state index >= 15 is 0 Å². The second kappa shape index (κ2) is 13.8. The molecule has 2 aliphatic heterocycles. The number of hydrogen-bond acceptors (Lipinski definition) is 14. The molecule has 0 spiro atoms. The predicted molar refractivity (Wildman–Crippen MR) is 126 cm³/mol. The van der Waals surface area contributed by atoms with E-state index in [1.54, 1.807) is 24.3 Å². The summed E-state index contributed by atoms with van der Waals surface area (Å²) in [7, 11) is 0. The number of ether oxygens (including phenoxy) is 5. The summed E-state index contributed by atoms with van der Waals surface area (Å²) in [6.45, 7) is -1.10. The zero-order valence-electron chi connectivity index (χ0n) is 21.1. The van der Waals surface area contributed by atoms with Crippen molar-refractivity contribution in [3.05, 3.63) is 35.9 Å². The van der Waals surface area contributed by atoms with Crippen LogP contribution in [0.3, 0.4) is 0 Å². The fourth-order valence-electron chi connectivity index (χ4n) is 4.21. The van der Waals surface area contributed by atoms with Gasteiger partial charge in [0.05, 0.1) is 19.6 Å². The number of nitrogens with one attached hydrogen (secondary N) is 1. The Morgan fingerprint density at radius 2 is 1.67 bits per heavy atom. The van der Waals surface area contributed by atoms with E-state index in [2.05, 4.69) is 5.32 Å². The Labute approximate surface area is 223 Å². The van der Waals surface area contributed by atoms with Gasteiger partial charge >= 0.3 is 12.1 Å². The van der Waals surface area contributed by atoms with Gasteiger partial charge < -0.3 is 64.7 Å². The molecule has 15 nitrogen and oxygen atoms in total. The minimum absolute atomic E-state index is 0.00470. The number of aliphatic hydroxyl groups is 7. The van der Waals surface area contributed by atoms with Gasteiger partial charge in [-0.05, 0) is 12.5 Å². The van der Waals surface area contributed by atoms with Gasteiger partial charge in [-0.3, -0.25) is 4.79 Å². The van der Waals surface area contributed by atoms with Gasteiger partial charge in [0.2, 0.25) is 12.1 Å². The molecule has 0 aliphatic carbocycles. The molecule has 220 valence electrons. The molecule has 0 radical (unpaired) electrons. The van der Waals surface area contributed by atoms with E-state index in [9.17, 15) is 45.3 Å². The van der Waals surface area contributed by atoms with Crippen LogP contribution in [0.25, 0.3) is 0 Å². The normalized spacial score (nSPS) is 35.3. The van der Waals surface area contributed by atoms with Crippen LogP contribution in [-0.4, -0.2) is 128 Å².